The highest BCUT2D eigenvalue weighted by atomic mass is 32.2. The Balaban J connectivity index is 2.63. The second-order valence-electron chi connectivity index (χ2n) is 4.84. The third-order valence-corrected chi connectivity index (χ3v) is 5.42. The molecule has 0 aromatic heterocycles. The third kappa shape index (κ3) is 3.16. The molecule has 16 heavy (non-hydrogen) atoms. The fraction of sp³-hybridized carbons (Fsp3) is 1.00. The molecule has 1 aliphatic rings. The van der Waals surface area contributed by atoms with E-state index in [4.69, 9.17) is 5.73 Å². The summed E-state index contributed by atoms with van der Waals surface area (Å²) in [7, 11) is 0.468. The topological polar surface area (TPSA) is 66.6 Å². The van der Waals surface area contributed by atoms with E-state index in [1.54, 1.807) is 7.05 Å². The van der Waals surface area contributed by atoms with Crippen molar-refractivity contribution in [3.8, 4) is 0 Å². The fourth-order valence-electron chi connectivity index (χ4n) is 2.01. The van der Waals surface area contributed by atoms with Crippen molar-refractivity contribution in [1.29, 1.82) is 0 Å². The lowest BCUT2D eigenvalue weighted by Gasteiger charge is -2.23. The van der Waals surface area contributed by atoms with Crippen LogP contribution in [0.3, 0.4) is 0 Å². The molecule has 0 radical (unpaired) electrons. The van der Waals surface area contributed by atoms with E-state index < -0.39 is 10.0 Å². The lowest BCUT2D eigenvalue weighted by Crippen LogP contribution is -2.40. The molecule has 0 saturated carbocycles. The van der Waals surface area contributed by atoms with Crippen LogP contribution in [0, 0.1) is 5.92 Å². The number of hydrogen-bond donors (Lipinski definition) is 1. The Labute approximate surface area is 98.6 Å². The maximum Gasteiger partial charge on any atom is 0.218 e. The summed E-state index contributed by atoms with van der Waals surface area (Å²) in [6.45, 7) is 4.50. The molecule has 2 unspecified atom stereocenters. The van der Waals surface area contributed by atoms with Gasteiger partial charge in [0.1, 0.15) is 0 Å². The molecule has 2 N–H and O–H groups in total. The second kappa shape index (κ2) is 5.44. The molecule has 0 spiro atoms. The number of rotatable bonds is 5. The minimum Gasteiger partial charge on any atom is -0.330 e. The summed E-state index contributed by atoms with van der Waals surface area (Å²) in [5.74, 6) is 0.207. The van der Waals surface area contributed by atoms with Gasteiger partial charge in [0.25, 0.3) is 0 Å². The van der Waals surface area contributed by atoms with Crippen LogP contribution < -0.4 is 5.73 Å². The Hall–Kier alpha value is -0.170. The highest BCUT2D eigenvalue weighted by Gasteiger charge is 2.34. The summed E-state index contributed by atoms with van der Waals surface area (Å²) in [5.41, 5.74) is 5.51. The Morgan fingerprint density at radius 1 is 1.56 bits per heavy atom. The first kappa shape index (κ1) is 13.9. The van der Waals surface area contributed by atoms with Crippen molar-refractivity contribution in [3.05, 3.63) is 0 Å². The Bertz CT molecular complexity index is 318. The molecule has 0 amide bonds. The van der Waals surface area contributed by atoms with E-state index >= 15 is 0 Å². The van der Waals surface area contributed by atoms with Crippen LogP contribution in [-0.4, -0.2) is 63.1 Å². The van der Waals surface area contributed by atoms with Gasteiger partial charge in [-0.2, -0.15) is 0 Å². The van der Waals surface area contributed by atoms with Gasteiger partial charge in [-0.05, 0) is 32.5 Å². The maximum atomic E-state index is 12.2. The van der Waals surface area contributed by atoms with Gasteiger partial charge in [-0.3, -0.25) is 0 Å². The SMILES string of the molecule is CC(CN)CN(C)S(=O)(=O)C1CCN(C)C1. The number of nitrogens with zero attached hydrogens (tertiary/aromatic N) is 2. The summed E-state index contributed by atoms with van der Waals surface area (Å²) >= 11 is 0. The van der Waals surface area contributed by atoms with Crippen molar-refractivity contribution >= 4 is 10.0 Å². The van der Waals surface area contributed by atoms with Gasteiger partial charge < -0.3 is 10.6 Å². The van der Waals surface area contributed by atoms with Crippen LogP contribution in [0.25, 0.3) is 0 Å². The van der Waals surface area contributed by atoms with E-state index in [9.17, 15) is 8.42 Å². The molecule has 6 heteroatoms. The van der Waals surface area contributed by atoms with Crippen molar-refractivity contribution in [2.75, 3.05) is 40.3 Å². The van der Waals surface area contributed by atoms with E-state index in [1.807, 2.05) is 14.0 Å². The van der Waals surface area contributed by atoms with Gasteiger partial charge in [-0.1, -0.05) is 6.92 Å². The molecule has 1 saturated heterocycles. The van der Waals surface area contributed by atoms with Crippen LogP contribution in [0.5, 0.6) is 0 Å². The van der Waals surface area contributed by atoms with Crippen molar-refractivity contribution in [3.63, 3.8) is 0 Å². The van der Waals surface area contributed by atoms with Gasteiger partial charge in [0.2, 0.25) is 10.0 Å². The average Bonchev–Trinajstić information content (AvgIpc) is 2.65. The van der Waals surface area contributed by atoms with Crippen molar-refractivity contribution in [1.82, 2.24) is 9.21 Å². The normalized spacial score (nSPS) is 25.2. The van der Waals surface area contributed by atoms with E-state index in [-0.39, 0.29) is 11.2 Å². The van der Waals surface area contributed by atoms with Crippen molar-refractivity contribution < 1.29 is 8.42 Å². The van der Waals surface area contributed by atoms with Crippen LogP contribution >= 0.6 is 0 Å². The van der Waals surface area contributed by atoms with E-state index in [2.05, 4.69) is 4.90 Å². The molecular formula is C10H23N3O2S. The summed E-state index contributed by atoms with van der Waals surface area (Å²) in [6.07, 6.45) is 0.736. The van der Waals surface area contributed by atoms with Gasteiger partial charge in [0, 0.05) is 20.1 Å². The molecule has 0 aliphatic carbocycles. The number of hydrogen-bond acceptors (Lipinski definition) is 4. The van der Waals surface area contributed by atoms with Gasteiger partial charge >= 0.3 is 0 Å². The maximum absolute atomic E-state index is 12.2. The standard InChI is InChI=1S/C10H23N3O2S/c1-9(6-11)7-13(3)16(14,15)10-4-5-12(2)8-10/h9-10H,4-8,11H2,1-3H3. The van der Waals surface area contributed by atoms with Crippen LogP contribution in [0.4, 0.5) is 0 Å². The number of sulfonamides is 1. The molecule has 1 fully saturated rings. The van der Waals surface area contributed by atoms with Crippen LogP contribution in [0.2, 0.25) is 0 Å². The second-order valence-corrected chi connectivity index (χ2v) is 7.16. The summed E-state index contributed by atoms with van der Waals surface area (Å²) in [5, 5.41) is -0.243. The lowest BCUT2D eigenvalue weighted by molar-refractivity contribution is 0.391. The largest absolute Gasteiger partial charge is 0.330 e. The summed E-state index contributed by atoms with van der Waals surface area (Å²) in [4.78, 5) is 2.06. The average molecular weight is 249 g/mol. The molecule has 0 bridgehead atoms. The first-order chi connectivity index (χ1) is 7.37. The predicted molar refractivity (Wildman–Crippen MR) is 65.7 cm³/mol. The Morgan fingerprint density at radius 3 is 2.62 bits per heavy atom. The lowest BCUT2D eigenvalue weighted by atomic mass is 10.2. The summed E-state index contributed by atoms with van der Waals surface area (Å²) in [6, 6.07) is 0. The molecular weight excluding hydrogens is 226 g/mol. The first-order valence-electron chi connectivity index (χ1n) is 5.71. The minimum absolute atomic E-state index is 0.207. The molecule has 0 aromatic rings. The quantitative estimate of drug-likeness (QED) is 0.716. The van der Waals surface area contributed by atoms with Crippen molar-refractivity contribution in [2.24, 2.45) is 11.7 Å². The predicted octanol–water partition coefficient (Wildman–Crippen LogP) is -0.453. The molecule has 2 atom stereocenters. The minimum atomic E-state index is -3.14. The Kier molecular flexibility index (Phi) is 4.73. The van der Waals surface area contributed by atoms with Gasteiger partial charge in [-0.15, -0.1) is 0 Å². The Morgan fingerprint density at radius 2 is 2.19 bits per heavy atom. The molecule has 1 rings (SSSR count). The zero-order valence-corrected chi connectivity index (χ0v) is 11.2. The van der Waals surface area contributed by atoms with Gasteiger partial charge in [-0.25, -0.2) is 12.7 Å². The number of nitrogens with two attached hydrogens (primary N) is 1. The van der Waals surface area contributed by atoms with Crippen LogP contribution in [0.15, 0.2) is 0 Å². The van der Waals surface area contributed by atoms with E-state index in [0.29, 0.717) is 19.6 Å². The molecule has 1 heterocycles. The molecule has 96 valence electrons. The van der Waals surface area contributed by atoms with Crippen LogP contribution in [-0.2, 0) is 10.0 Å². The zero-order chi connectivity index (χ0) is 12.3. The first-order valence-corrected chi connectivity index (χ1v) is 7.22. The zero-order valence-electron chi connectivity index (χ0n) is 10.4. The molecule has 5 nitrogen and oxygen atoms in total. The number of likely N-dealkylation sites (tertiary alicyclic amines) is 1. The van der Waals surface area contributed by atoms with Gasteiger partial charge in [0.05, 0.1) is 5.25 Å². The van der Waals surface area contributed by atoms with E-state index in [0.717, 1.165) is 13.0 Å². The van der Waals surface area contributed by atoms with Crippen LogP contribution in [0.1, 0.15) is 13.3 Å². The third-order valence-electron chi connectivity index (χ3n) is 3.17. The van der Waals surface area contributed by atoms with Crippen molar-refractivity contribution in [2.45, 2.75) is 18.6 Å². The van der Waals surface area contributed by atoms with E-state index in [1.165, 1.54) is 4.31 Å². The molecule has 0 aromatic carbocycles. The highest BCUT2D eigenvalue weighted by molar-refractivity contribution is 7.89. The smallest absolute Gasteiger partial charge is 0.218 e. The highest BCUT2D eigenvalue weighted by Crippen LogP contribution is 2.18. The fourth-order valence-corrected chi connectivity index (χ4v) is 3.83. The van der Waals surface area contributed by atoms with Gasteiger partial charge in [0.15, 0.2) is 0 Å². The molecule has 1 aliphatic heterocycles. The monoisotopic (exact) mass is 249 g/mol. The summed E-state index contributed by atoms with van der Waals surface area (Å²) < 4.78 is 25.8.